The maximum absolute atomic E-state index is 11.6. The molecule has 1 fully saturated rings. The summed E-state index contributed by atoms with van der Waals surface area (Å²) in [4.78, 5) is 19.5. The van der Waals surface area contributed by atoms with E-state index in [0.717, 1.165) is 0 Å². The quantitative estimate of drug-likeness (QED) is 0.835. The van der Waals surface area contributed by atoms with Crippen molar-refractivity contribution in [1.29, 1.82) is 0 Å². The first kappa shape index (κ1) is 13.7. The summed E-state index contributed by atoms with van der Waals surface area (Å²) < 4.78 is 4.97. The predicted molar refractivity (Wildman–Crippen MR) is 74.5 cm³/mol. The largest absolute Gasteiger partial charge is 0.450 e. The van der Waals surface area contributed by atoms with Crippen LogP contribution in [0.3, 0.4) is 0 Å². The van der Waals surface area contributed by atoms with Crippen LogP contribution in [0.5, 0.6) is 0 Å². The van der Waals surface area contributed by atoms with Crippen molar-refractivity contribution < 1.29 is 9.53 Å². The molecule has 6 nitrogen and oxygen atoms in total. The van der Waals surface area contributed by atoms with Crippen LogP contribution in [0.1, 0.15) is 6.92 Å². The molecule has 0 bridgehead atoms. The molecule has 0 radical (unpaired) electrons. The molecule has 1 aliphatic heterocycles. The number of nitrogens with zero attached hydrogens (tertiary/aromatic N) is 3. The first-order valence-corrected chi connectivity index (χ1v) is 6.58. The molecule has 0 unspecified atom stereocenters. The van der Waals surface area contributed by atoms with E-state index in [-0.39, 0.29) is 6.09 Å². The van der Waals surface area contributed by atoms with E-state index in [0.29, 0.717) is 49.4 Å². The fraction of sp³-hybridized carbons (Fsp3) is 0.500. The van der Waals surface area contributed by atoms with Crippen LogP contribution < -0.4 is 10.6 Å². The summed E-state index contributed by atoms with van der Waals surface area (Å²) in [7, 11) is 0. The molecule has 0 aliphatic carbocycles. The summed E-state index contributed by atoms with van der Waals surface area (Å²) in [6, 6.07) is 3.40. The number of amides is 1. The Bertz CT molecular complexity index is 461. The lowest BCUT2D eigenvalue weighted by molar-refractivity contribution is 0.105. The molecule has 0 atom stereocenters. The molecule has 19 heavy (non-hydrogen) atoms. The molecule has 104 valence electrons. The van der Waals surface area contributed by atoms with Gasteiger partial charge in [-0.2, -0.15) is 0 Å². The second-order valence-corrected chi connectivity index (χ2v) is 4.61. The monoisotopic (exact) mass is 284 g/mol. The molecule has 1 saturated heterocycles. The minimum Gasteiger partial charge on any atom is -0.450 e. The average molecular weight is 285 g/mol. The zero-order chi connectivity index (χ0) is 13.8. The Morgan fingerprint density at radius 1 is 1.42 bits per heavy atom. The van der Waals surface area contributed by atoms with Gasteiger partial charge in [0.1, 0.15) is 5.15 Å². The third kappa shape index (κ3) is 3.20. The van der Waals surface area contributed by atoms with Crippen molar-refractivity contribution in [2.24, 2.45) is 0 Å². The van der Waals surface area contributed by atoms with E-state index in [9.17, 15) is 4.79 Å². The van der Waals surface area contributed by atoms with E-state index in [1.807, 2.05) is 4.90 Å². The Balaban J connectivity index is 2.00. The molecule has 0 saturated carbocycles. The lowest BCUT2D eigenvalue weighted by atomic mass is 10.3. The summed E-state index contributed by atoms with van der Waals surface area (Å²) >= 11 is 5.88. The number of nitrogens with two attached hydrogens (primary N) is 1. The Morgan fingerprint density at radius 3 is 2.74 bits per heavy atom. The zero-order valence-electron chi connectivity index (χ0n) is 10.8. The van der Waals surface area contributed by atoms with Crippen molar-refractivity contribution in [3.63, 3.8) is 0 Å². The van der Waals surface area contributed by atoms with E-state index >= 15 is 0 Å². The number of anilines is 2. The average Bonchev–Trinajstić information content (AvgIpc) is 2.42. The van der Waals surface area contributed by atoms with Crippen molar-refractivity contribution in [3.8, 4) is 0 Å². The van der Waals surface area contributed by atoms with Crippen molar-refractivity contribution in [2.75, 3.05) is 43.4 Å². The molecule has 1 aliphatic rings. The molecule has 2 heterocycles. The number of aromatic nitrogens is 1. The van der Waals surface area contributed by atoms with Gasteiger partial charge in [0.25, 0.3) is 0 Å². The third-order valence-electron chi connectivity index (χ3n) is 2.98. The van der Waals surface area contributed by atoms with Gasteiger partial charge in [-0.3, -0.25) is 0 Å². The highest BCUT2D eigenvalue weighted by Crippen LogP contribution is 2.23. The fourth-order valence-corrected chi connectivity index (χ4v) is 2.15. The highest BCUT2D eigenvalue weighted by Gasteiger charge is 2.23. The SMILES string of the molecule is CCOC(=O)N1CCN(c2nc(Cl)ccc2N)CC1. The smallest absolute Gasteiger partial charge is 0.409 e. The summed E-state index contributed by atoms with van der Waals surface area (Å²) in [6.07, 6.45) is -0.269. The first-order valence-electron chi connectivity index (χ1n) is 6.20. The Labute approximate surface area is 117 Å². The highest BCUT2D eigenvalue weighted by molar-refractivity contribution is 6.29. The number of hydrogen-bond donors (Lipinski definition) is 1. The molecule has 1 aromatic heterocycles. The van der Waals surface area contributed by atoms with Crippen molar-refractivity contribution in [3.05, 3.63) is 17.3 Å². The number of halogens is 1. The maximum atomic E-state index is 11.6. The lowest BCUT2D eigenvalue weighted by Crippen LogP contribution is -2.49. The Kier molecular flexibility index (Phi) is 4.31. The van der Waals surface area contributed by atoms with Gasteiger partial charge in [-0.05, 0) is 19.1 Å². The fourth-order valence-electron chi connectivity index (χ4n) is 2.00. The van der Waals surface area contributed by atoms with Crippen molar-refractivity contribution in [2.45, 2.75) is 6.92 Å². The lowest BCUT2D eigenvalue weighted by Gasteiger charge is -2.35. The summed E-state index contributed by atoms with van der Waals surface area (Å²) in [6.45, 7) is 4.69. The van der Waals surface area contributed by atoms with Crippen LogP contribution in [-0.2, 0) is 4.74 Å². The number of hydrogen-bond acceptors (Lipinski definition) is 5. The summed E-state index contributed by atoms with van der Waals surface area (Å²) in [5.74, 6) is 0.677. The molecule has 0 spiro atoms. The molecule has 2 N–H and O–H groups in total. The molecular weight excluding hydrogens is 268 g/mol. The molecule has 2 rings (SSSR count). The standard InChI is InChI=1S/C12H17ClN4O2/c1-2-19-12(18)17-7-5-16(6-8-17)11-9(14)3-4-10(13)15-11/h3-4H,2,5-8,14H2,1H3. The van der Waals surface area contributed by atoms with Crippen molar-refractivity contribution >= 4 is 29.2 Å². The van der Waals surface area contributed by atoms with E-state index in [1.54, 1.807) is 24.0 Å². The van der Waals surface area contributed by atoms with E-state index < -0.39 is 0 Å². The highest BCUT2D eigenvalue weighted by atomic mass is 35.5. The maximum Gasteiger partial charge on any atom is 0.409 e. The molecular formula is C12H17ClN4O2. The number of piperazine rings is 1. The number of carbonyl (C=O) groups is 1. The van der Waals surface area contributed by atoms with Crippen LogP contribution in [0, 0.1) is 0 Å². The van der Waals surface area contributed by atoms with Gasteiger partial charge in [-0.25, -0.2) is 9.78 Å². The van der Waals surface area contributed by atoms with Gasteiger partial charge in [0.15, 0.2) is 5.82 Å². The molecule has 7 heteroatoms. The summed E-state index contributed by atoms with van der Waals surface area (Å²) in [5, 5.41) is 0.414. The van der Waals surface area contributed by atoms with Crippen molar-refractivity contribution in [1.82, 2.24) is 9.88 Å². The number of carbonyl (C=O) groups excluding carboxylic acids is 1. The number of pyridine rings is 1. The van der Waals surface area contributed by atoms with Crippen LogP contribution in [0.15, 0.2) is 12.1 Å². The van der Waals surface area contributed by atoms with Crippen LogP contribution in [-0.4, -0.2) is 48.8 Å². The predicted octanol–water partition coefficient (Wildman–Crippen LogP) is 1.60. The summed E-state index contributed by atoms with van der Waals surface area (Å²) in [5.41, 5.74) is 6.49. The third-order valence-corrected chi connectivity index (χ3v) is 3.19. The molecule has 1 amide bonds. The minimum absolute atomic E-state index is 0.269. The van der Waals surface area contributed by atoms with Gasteiger partial charge >= 0.3 is 6.09 Å². The van der Waals surface area contributed by atoms with E-state index in [1.165, 1.54) is 0 Å². The minimum atomic E-state index is -0.269. The Hall–Kier alpha value is -1.69. The van der Waals surface area contributed by atoms with Crippen LogP contribution in [0.25, 0.3) is 0 Å². The van der Waals surface area contributed by atoms with Gasteiger partial charge in [0.05, 0.1) is 12.3 Å². The number of nitrogen functional groups attached to an aromatic ring is 1. The molecule has 1 aromatic rings. The topological polar surface area (TPSA) is 71.7 Å². The van der Waals surface area contributed by atoms with E-state index in [4.69, 9.17) is 22.1 Å². The Morgan fingerprint density at radius 2 is 2.11 bits per heavy atom. The van der Waals surface area contributed by atoms with Gasteiger partial charge in [0.2, 0.25) is 0 Å². The van der Waals surface area contributed by atoms with E-state index in [2.05, 4.69) is 4.98 Å². The normalized spacial score (nSPS) is 15.5. The number of ether oxygens (including phenoxy) is 1. The number of rotatable bonds is 2. The molecule has 0 aromatic carbocycles. The second kappa shape index (κ2) is 5.97. The van der Waals surface area contributed by atoms with Gasteiger partial charge in [-0.15, -0.1) is 0 Å². The van der Waals surface area contributed by atoms with Gasteiger partial charge in [-0.1, -0.05) is 11.6 Å². The zero-order valence-corrected chi connectivity index (χ0v) is 11.6. The first-order chi connectivity index (χ1) is 9.11. The van der Waals surface area contributed by atoms with Crippen LogP contribution in [0.2, 0.25) is 5.15 Å². The second-order valence-electron chi connectivity index (χ2n) is 4.22. The van der Waals surface area contributed by atoms with Gasteiger partial charge < -0.3 is 20.3 Å². The van der Waals surface area contributed by atoms with Crippen LogP contribution >= 0.6 is 11.6 Å². The van der Waals surface area contributed by atoms with Gasteiger partial charge in [0, 0.05) is 26.2 Å². The van der Waals surface area contributed by atoms with Crippen LogP contribution in [0.4, 0.5) is 16.3 Å².